The molecule has 0 aliphatic heterocycles. The van der Waals surface area contributed by atoms with Gasteiger partial charge in [0.05, 0.1) is 0 Å². The zero-order chi connectivity index (χ0) is 15.8. The summed E-state index contributed by atoms with van der Waals surface area (Å²) in [6, 6.07) is 1.68. The second kappa shape index (κ2) is 8.44. The molecule has 0 radical (unpaired) electrons. The number of rotatable bonds is 8. The molecule has 6 nitrogen and oxygen atoms in total. The lowest BCUT2D eigenvalue weighted by Gasteiger charge is -2.28. The van der Waals surface area contributed by atoms with Crippen LogP contribution in [0.4, 0.5) is 5.82 Å². The Kier molecular flexibility index (Phi) is 6.91. The Bertz CT molecular complexity index is 470. The van der Waals surface area contributed by atoms with E-state index in [0.717, 1.165) is 19.3 Å². The maximum atomic E-state index is 12.2. The van der Waals surface area contributed by atoms with Crippen molar-refractivity contribution >= 4 is 17.6 Å². The lowest BCUT2D eigenvalue weighted by molar-refractivity contribution is -0.136. The van der Waals surface area contributed by atoms with Crippen molar-refractivity contribution in [3.05, 3.63) is 11.8 Å². The number of anilines is 1. The van der Waals surface area contributed by atoms with E-state index in [1.165, 1.54) is 0 Å². The highest BCUT2D eigenvalue weighted by Crippen LogP contribution is 2.10. The lowest BCUT2D eigenvalue weighted by atomic mass is 10.1. The van der Waals surface area contributed by atoms with Gasteiger partial charge in [0.25, 0.3) is 0 Å². The van der Waals surface area contributed by atoms with Crippen LogP contribution in [0.2, 0.25) is 0 Å². The number of aromatic nitrogens is 1. The van der Waals surface area contributed by atoms with E-state index in [1.807, 2.05) is 20.8 Å². The molecule has 1 unspecified atom stereocenters. The molecule has 0 spiro atoms. The molecular formula is C15H25N3O3. The van der Waals surface area contributed by atoms with E-state index < -0.39 is 0 Å². The van der Waals surface area contributed by atoms with Crippen LogP contribution in [0, 0.1) is 6.92 Å². The van der Waals surface area contributed by atoms with Gasteiger partial charge in [-0.1, -0.05) is 25.4 Å². The van der Waals surface area contributed by atoms with Gasteiger partial charge >= 0.3 is 0 Å². The van der Waals surface area contributed by atoms with Crippen LogP contribution in [0.1, 0.15) is 52.2 Å². The minimum Gasteiger partial charge on any atom is -0.360 e. The van der Waals surface area contributed by atoms with Crippen LogP contribution in [-0.4, -0.2) is 34.5 Å². The summed E-state index contributed by atoms with van der Waals surface area (Å²) < 4.78 is 4.89. The molecule has 1 N–H and O–H groups in total. The first kappa shape index (κ1) is 17.2. The first-order chi connectivity index (χ1) is 9.97. The summed E-state index contributed by atoms with van der Waals surface area (Å²) in [5.41, 5.74) is 0. The molecule has 0 aliphatic carbocycles. The topological polar surface area (TPSA) is 75.4 Å². The van der Waals surface area contributed by atoms with Crippen LogP contribution in [0.3, 0.4) is 0 Å². The molecule has 1 heterocycles. The molecule has 1 atom stereocenters. The molecule has 1 aromatic heterocycles. The number of hydrogen-bond acceptors (Lipinski definition) is 4. The van der Waals surface area contributed by atoms with E-state index >= 15 is 0 Å². The second-order valence-electron chi connectivity index (χ2n) is 5.25. The van der Waals surface area contributed by atoms with Gasteiger partial charge in [0, 0.05) is 18.5 Å². The van der Waals surface area contributed by atoms with Gasteiger partial charge in [-0.05, 0) is 26.7 Å². The number of nitrogens with one attached hydrogen (secondary N) is 1. The van der Waals surface area contributed by atoms with E-state index in [4.69, 9.17) is 4.52 Å². The highest BCUT2D eigenvalue weighted by Gasteiger charge is 2.21. The first-order valence-corrected chi connectivity index (χ1v) is 7.50. The molecule has 118 valence electrons. The van der Waals surface area contributed by atoms with E-state index in [2.05, 4.69) is 10.5 Å². The van der Waals surface area contributed by atoms with Crippen molar-refractivity contribution in [2.75, 3.05) is 11.9 Å². The Labute approximate surface area is 125 Å². The lowest BCUT2D eigenvalue weighted by Crippen LogP contribution is -2.43. The summed E-state index contributed by atoms with van der Waals surface area (Å²) in [6.07, 6.45) is 3.10. The van der Waals surface area contributed by atoms with Crippen LogP contribution in [0.25, 0.3) is 0 Å². The minimum absolute atomic E-state index is 0.0256. The van der Waals surface area contributed by atoms with Crippen molar-refractivity contribution in [2.45, 2.75) is 59.4 Å². The van der Waals surface area contributed by atoms with Gasteiger partial charge in [-0.3, -0.25) is 9.59 Å². The molecule has 6 heteroatoms. The quantitative estimate of drug-likeness (QED) is 0.800. The molecule has 2 amide bonds. The Morgan fingerprint density at radius 3 is 2.67 bits per heavy atom. The van der Waals surface area contributed by atoms with Gasteiger partial charge in [-0.15, -0.1) is 0 Å². The maximum Gasteiger partial charge on any atom is 0.245 e. The molecule has 0 saturated heterocycles. The molecule has 21 heavy (non-hydrogen) atoms. The maximum absolute atomic E-state index is 12.2. The zero-order valence-corrected chi connectivity index (χ0v) is 13.3. The van der Waals surface area contributed by atoms with Crippen molar-refractivity contribution < 1.29 is 14.1 Å². The molecule has 0 saturated carbocycles. The third-order valence-corrected chi connectivity index (χ3v) is 3.40. The molecule has 0 aliphatic rings. The summed E-state index contributed by atoms with van der Waals surface area (Å²) in [4.78, 5) is 25.9. The van der Waals surface area contributed by atoms with Gasteiger partial charge in [-0.25, -0.2) is 0 Å². The summed E-state index contributed by atoms with van der Waals surface area (Å²) in [5.74, 6) is 0.775. The summed E-state index contributed by atoms with van der Waals surface area (Å²) in [5, 5.41) is 6.36. The van der Waals surface area contributed by atoms with E-state index in [1.54, 1.807) is 17.9 Å². The number of aryl methyl sites for hydroxylation is 1. The van der Waals surface area contributed by atoms with Crippen molar-refractivity contribution in [2.24, 2.45) is 0 Å². The molecule has 0 aromatic carbocycles. The van der Waals surface area contributed by atoms with Crippen molar-refractivity contribution in [1.29, 1.82) is 0 Å². The fraction of sp³-hybridized carbons (Fsp3) is 0.667. The van der Waals surface area contributed by atoms with Gasteiger partial charge in [0.2, 0.25) is 11.8 Å². The highest BCUT2D eigenvalue weighted by molar-refractivity contribution is 5.93. The van der Waals surface area contributed by atoms with Gasteiger partial charge in [-0.2, -0.15) is 0 Å². The number of hydrogen-bond donors (Lipinski definition) is 1. The van der Waals surface area contributed by atoms with Crippen LogP contribution < -0.4 is 5.32 Å². The van der Waals surface area contributed by atoms with Crippen LogP contribution in [0.15, 0.2) is 10.6 Å². The average molecular weight is 295 g/mol. The smallest absolute Gasteiger partial charge is 0.245 e. The van der Waals surface area contributed by atoms with Gasteiger partial charge in [0.15, 0.2) is 5.82 Å². The van der Waals surface area contributed by atoms with Gasteiger partial charge < -0.3 is 14.7 Å². The fourth-order valence-electron chi connectivity index (χ4n) is 1.94. The summed E-state index contributed by atoms with van der Waals surface area (Å²) >= 11 is 0. The SMILES string of the molecule is CCCCC(=O)N(CC(=O)Nc1cc(C)on1)C(C)CC. The normalized spacial score (nSPS) is 12.0. The molecular weight excluding hydrogens is 270 g/mol. The van der Waals surface area contributed by atoms with E-state index in [0.29, 0.717) is 18.0 Å². The Morgan fingerprint density at radius 1 is 1.43 bits per heavy atom. The Morgan fingerprint density at radius 2 is 2.14 bits per heavy atom. The standard InChI is InChI=1S/C15H25N3O3/c1-5-7-8-15(20)18(11(3)6-2)10-14(19)16-13-9-12(4)21-17-13/h9,11H,5-8,10H2,1-4H3,(H,16,17,19). The van der Waals surface area contributed by atoms with Crippen molar-refractivity contribution in [1.82, 2.24) is 10.1 Å². The summed E-state index contributed by atoms with van der Waals surface area (Å²) in [6.45, 7) is 7.80. The van der Waals surface area contributed by atoms with E-state index in [9.17, 15) is 9.59 Å². The minimum atomic E-state index is -0.256. The van der Waals surface area contributed by atoms with Gasteiger partial charge in [0.1, 0.15) is 12.3 Å². The molecule has 0 bridgehead atoms. The van der Waals surface area contributed by atoms with Crippen molar-refractivity contribution in [3.63, 3.8) is 0 Å². The zero-order valence-electron chi connectivity index (χ0n) is 13.3. The first-order valence-electron chi connectivity index (χ1n) is 7.50. The number of carbonyl (C=O) groups excluding carboxylic acids is 2. The third kappa shape index (κ3) is 5.57. The predicted molar refractivity (Wildman–Crippen MR) is 80.9 cm³/mol. The highest BCUT2D eigenvalue weighted by atomic mass is 16.5. The summed E-state index contributed by atoms with van der Waals surface area (Å²) in [7, 11) is 0. The Hall–Kier alpha value is -1.85. The third-order valence-electron chi connectivity index (χ3n) is 3.40. The number of nitrogens with zero attached hydrogens (tertiary/aromatic N) is 2. The predicted octanol–water partition coefficient (Wildman–Crippen LogP) is 2.74. The molecule has 1 aromatic rings. The number of unbranched alkanes of at least 4 members (excludes halogenated alkanes) is 1. The number of amides is 2. The monoisotopic (exact) mass is 295 g/mol. The van der Waals surface area contributed by atoms with Crippen molar-refractivity contribution in [3.8, 4) is 0 Å². The molecule has 1 rings (SSSR count). The molecule has 0 fully saturated rings. The Balaban J connectivity index is 2.62. The number of carbonyl (C=O) groups is 2. The average Bonchev–Trinajstić information content (AvgIpc) is 2.86. The van der Waals surface area contributed by atoms with Crippen LogP contribution >= 0.6 is 0 Å². The fourth-order valence-corrected chi connectivity index (χ4v) is 1.94. The van der Waals surface area contributed by atoms with E-state index in [-0.39, 0.29) is 24.4 Å². The largest absolute Gasteiger partial charge is 0.360 e. The van der Waals surface area contributed by atoms with Crippen LogP contribution in [-0.2, 0) is 9.59 Å². The van der Waals surface area contributed by atoms with Crippen LogP contribution in [0.5, 0.6) is 0 Å². The second-order valence-corrected chi connectivity index (χ2v) is 5.25.